The molecule has 1 heterocycles. The van der Waals surface area contributed by atoms with Crippen LogP contribution in [0.5, 0.6) is 0 Å². The van der Waals surface area contributed by atoms with Gasteiger partial charge in [0, 0.05) is 5.69 Å². The van der Waals surface area contributed by atoms with Gasteiger partial charge in [-0.1, -0.05) is 124 Å². The van der Waals surface area contributed by atoms with Crippen LogP contribution in [0.15, 0.2) is 97.1 Å². The van der Waals surface area contributed by atoms with Gasteiger partial charge in [0.15, 0.2) is 0 Å². The third-order valence-electron chi connectivity index (χ3n) is 6.65. The molecule has 32 heavy (non-hydrogen) atoms. The van der Waals surface area contributed by atoms with Gasteiger partial charge in [0.25, 0.3) is 0 Å². The SMILES string of the molecule is CC(C)c1cc(C[Si](c2ccccc2)(c2ccccc2)C(C)(C)C)n(-c2ccccc2)n1. The van der Waals surface area contributed by atoms with Crippen LogP contribution in [0.1, 0.15) is 51.9 Å². The maximum atomic E-state index is 5.07. The van der Waals surface area contributed by atoms with Crippen molar-refractivity contribution in [3.63, 3.8) is 0 Å². The minimum absolute atomic E-state index is 0.111. The molecule has 3 heteroatoms. The fourth-order valence-corrected chi connectivity index (χ4v) is 10.2. The zero-order valence-electron chi connectivity index (χ0n) is 19.9. The number of hydrogen-bond acceptors (Lipinski definition) is 1. The van der Waals surface area contributed by atoms with Crippen molar-refractivity contribution in [1.29, 1.82) is 0 Å². The van der Waals surface area contributed by atoms with Crippen LogP contribution in [-0.2, 0) is 6.04 Å². The molecule has 1 aromatic heterocycles. The highest BCUT2D eigenvalue weighted by Gasteiger charge is 2.48. The van der Waals surface area contributed by atoms with Gasteiger partial charge >= 0.3 is 0 Å². The Kier molecular flexibility index (Phi) is 6.21. The van der Waals surface area contributed by atoms with Gasteiger partial charge in [0.05, 0.1) is 11.4 Å². The maximum Gasteiger partial charge on any atom is 0.129 e. The maximum absolute atomic E-state index is 5.07. The number of hydrogen-bond donors (Lipinski definition) is 0. The molecule has 3 aromatic carbocycles. The van der Waals surface area contributed by atoms with Crippen molar-refractivity contribution in [3.8, 4) is 5.69 Å². The van der Waals surface area contributed by atoms with E-state index in [4.69, 9.17) is 5.10 Å². The van der Waals surface area contributed by atoms with Crippen LogP contribution in [-0.4, -0.2) is 17.9 Å². The standard InChI is InChI=1S/C29H34N2Si/c1-23(2)28-21-25(31(30-28)24-15-9-6-10-16-24)22-32(29(3,4)5,26-17-11-7-12-18-26)27-19-13-8-14-20-27/h6-21,23H,22H2,1-5H3. The minimum atomic E-state index is -2.24. The smallest absolute Gasteiger partial charge is 0.129 e. The molecule has 0 N–H and O–H groups in total. The predicted molar refractivity (Wildman–Crippen MR) is 139 cm³/mol. The van der Waals surface area contributed by atoms with Crippen LogP contribution in [0.4, 0.5) is 0 Å². The monoisotopic (exact) mass is 438 g/mol. The summed E-state index contributed by atoms with van der Waals surface area (Å²) in [5.41, 5.74) is 3.59. The second-order valence-electron chi connectivity index (χ2n) is 10.0. The van der Waals surface area contributed by atoms with Crippen molar-refractivity contribution < 1.29 is 0 Å². The van der Waals surface area contributed by atoms with Crippen LogP contribution < -0.4 is 10.4 Å². The van der Waals surface area contributed by atoms with Crippen molar-refractivity contribution in [2.75, 3.05) is 0 Å². The first-order chi connectivity index (χ1) is 15.3. The topological polar surface area (TPSA) is 17.8 Å². The van der Waals surface area contributed by atoms with Gasteiger partial charge in [-0.15, -0.1) is 0 Å². The van der Waals surface area contributed by atoms with Crippen LogP contribution >= 0.6 is 0 Å². The highest BCUT2D eigenvalue weighted by molar-refractivity contribution is 7.03. The van der Waals surface area contributed by atoms with E-state index < -0.39 is 8.07 Å². The number of aromatic nitrogens is 2. The van der Waals surface area contributed by atoms with Gasteiger partial charge in [0.2, 0.25) is 0 Å². The summed E-state index contributed by atoms with van der Waals surface area (Å²) in [7, 11) is -2.24. The third-order valence-corrected chi connectivity index (χ3v) is 12.7. The van der Waals surface area contributed by atoms with Crippen LogP contribution in [0.3, 0.4) is 0 Å². The van der Waals surface area contributed by atoms with E-state index in [1.807, 2.05) is 0 Å². The summed E-state index contributed by atoms with van der Waals surface area (Å²) in [6.45, 7) is 11.7. The molecule has 0 bridgehead atoms. The number of nitrogens with zero attached hydrogens (tertiary/aromatic N) is 2. The van der Waals surface area contributed by atoms with Crippen LogP contribution in [0.25, 0.3) is 5.69 Å². The van der Waals surface area contributed by atoms with Crippen molar-refractivity contribution >= 4 is 18.4 Å². The predicted octanol–water partition coefficient (Wildman–Crippen LogP) is 6.14. The molecule has 0 aliphatic heterocycles. The Morgan fingerprint density at radius 3 is 1.66 bits per heavy atom. The molecule has 164 valence electrons. The van der Waals surface area contributed by atoms with E-state index in [0.29, 0.717) is 5.92 Å². The normalized spacial score (nSPS) is 12.3. The van der Waals surface area contributed by atoms with Gasteiger partial charge in [0.1, 0.15) is 8.07 Å². The Morgan fingerprint density at radius 2 is 1.22 bits per heavy atom. The molecular formula is C29H34N2Si. The summed E-state index contributed by atoms with van der Waals surface area (Å²) in [5, 5.41) is 8.14. The number of rotatable bonds is 6. The van der Waals surface area contributed by atoms with E-state index in [2.05, 4.69) is 136 Å². The van der Waals surface area contributed by atoms with E-state index in [1.165, 1.54) is 16.1 Å². The van der Waals surface area contributed by atoms with E-state index in [9.17, 15) is 0 Å². The molecule has 0 saturated carbocycles. The number of benzene rings is 3. The molecule has 0 amide bonds. The minimum Gasteiger partial charge on any atom is -0.238 e. The summed E-state index contributed by atoms with van der Waals surface area (Å²) in [6.07, 6.45) is 0. The summed E-state index contributed by atoms with van der Waals surface area (Å²) in [4.78, 5) is 0. The largest absolute Gasteiger partial charge is 0.238 e. The Balaban J connectivity index is 1.97. The summed E-state index contributed by atoms with van der Waals surface area (Å²) in [5.74, 6) is 0.387. The van der Waals surface area contributed by atoms with Gasteiger partial charge in [-0.3, -0.25) is 0 Å². The lowest BCUT2D eigenvalue weighted by molar-refractivity contribution is 0.716. The molecule has 0 atom stereocenters. The molecule has 0 unspecified atom stereocenters. The molecule has 0 spiro atoms. The van der Waals surface area contributed by atoms with Gasteiger partial charge < -0.3 is 0 Å². The lowest BCUT2D eigenvalue weighted by Gasteiger charge is -2.44. The average molecular weight is 439 g/mol. The highest BCUT2D eigenvalue weighted by Crippen LogP contribution is 2.38. The lowest BCUT2D eigenvalue weighted by Crippen LogP contribution is -2.66. The van der Waals surface area contributed by atoms with Crippen molar-refractivity contribution in [2.45, 2.75) is 51.6 Å². The Labute approximate surface area is 194 Å². The summed E-state index contributed by atoms with van der Waals surface area (Å²) >= 11 is 0. The third kappa shape index (κ3) is 4.10. The molecule has 2 nitrogen and oxygen atoms in total. The zero-order chi connectivity index (χ0) is 22.8. The van der Waals surface area contributed by atoms with E-state index in [0.717, 1.165) is 17.4 Å². The highest BCUT2D eigenvalue weighted by atomic mass is 28.3. The molecule has 0 aliphatic rings. The lowest BCUT2D eigenvalue weighted by atomic mass is 10.1. The second kappa shape index (κ2) is 8.91. The molecule has 4 aromatic rings. The second-order valence-corrected chi connectivity index (χ2v) is 14.8. The summed E-state index contributed by atoms with van der Waals surface area (Å²) < 4.78 is 2.19. The van der Waals surface area contributed by atoms with Crippen molar-refractivity contribution in [3.05, 3.63) is 108 Å². The molecule has 4 rings (SSSR count). The van der Waals surface area contributed by atoms with Crippen molar-refractivity contribution in [2.24, 2.45) is 0 Å². The summed E-state index contributed by atoms with van der Waals surface area (Å²) in [6, 6.07) is 36.3. The first-order valence-electron chi connectivity index (χ1n) is 11.6. The molecular weight excluding hydrogens is 404 g/mol. The first-order valence-corrected chi connectivity index (χ1v) is 13.8. The quantitative estimate of drug-likeness (QED) is 0.331. The van der Waals surface area contributed by atoms with Crippen LogP contribution in [0, 0.1) is 0 Å². The van der Waals surface area contributed by atoms with Crippen molar-refractivity contribution in [1.82, 2.24) is 9.78 Å². The first kappa shape index (κ1) is 22.3. The van der Waals surface area contributed by atoms with E-state index in [1.54, 1.807) is 0 Å². The fraction of sp³-hybridized carbons (Fsp3) is 0.276. The molecule has 0 aliphatic carbocycles. The van der Waals surface area contributed by atoms with Gasteiger partial charge in [-0.05, 0) is 35.2 Å². The molecule has 0 saturated heterocycles. The fourth-order valence-electron chi connectivity index (χ4n) is 4.86. The molecule has 0 fully saturated rings. The van der Waals surface area contributed by atoms with E-state index in [-0.39, 0.29) is 5.04 Å². The van der Waals surface area contributed by atoms with Gasteiger partial charge in [-0.2, -0.15) is 5.10 Å². The Bertz CT molecular complexity index is 1100. The Hall–Kier alpha value is -2.91. The van der Waals surface area contributed by atoms with Gasteiger partial charge in [-0.25, -0.2) is 4.68 Å². The average Bonchev–Trinajstić information content (AvgIpc) is 3.22. The zero-order valence-corrected chi connectivity index (χ0v) is 20.9. The van der Waals surface area contributed by atoms with Crippen LogP contribution in [0.2, 0.25) is 5.04 Å². The molecule has 0 radical (unpaired) electrons. The Morgan fingerprint density at radius 1 is 0.750 bits per heavy atom. The van der Waals surface area contributed by atoms with E-state index >= 15 is 0 Å². The number of para-hydroxylation sites is 1.